The second-order valence-corrected chi connectivity index (χ2v) is 5.82. The Balaban J connectivity index is 2.26. The predicted octanol–water partition coefficient (Wildman–Crippen LogP) is 2.37. The molecule has 1 atom stereocenters. The van der Waals surface area contributed by atoms with Crippen molar-refractivity contribution in [3.63, 3.8) is 0 Å². The summed E-state index contributed by atoms with van der Waals surface area (Å²) in [6, 6.07) is 0. The molecule has 0 unspecified atom stereocenters. The van der Waals surface area contributed by atoms with Gasteiger partial charge in [-0.1, -0.05) is 32.6 Å². The molecular weight excluding hydrogens is 282 g/mol. The molecule has 0 bridgehead atoms. The van der Waals surface area contributed by atoms with E-state index in [-0.39, 0.29) is 5.91 Å². The molecule has 0 aromatic heterocycles. The first-order valence-electron chi connectivity index (χ1n) is 8.63. The molecular formula is C16H31N3O3. The summed E-state index contributed by atoms with van der Waals surface area (Å²) in [6.45, 7) is 3.91. The van der Waals surface area contributed by atoms with Crippen molar-refractivity contribution in [3.8, 4) is 0 Å². The van der Waals surface area contributed by atoms with Crippen molar-refractivity contribution >= 4 is 12.0 Å². The number of ether oxygens (including phenoxy) is 1. The van der Waals surface area contributed by atoms with Gasteiger partial charge in [0, 0.05) is 25.9 Å². The van der Waals surface area contributed by atoms with Crippen molar-refractivity contribution in [1.29, 1.82) is 0 Å². The molecule has 1 heterocycles. The van der Waals surface area contributed by atoms with Crippen LogP contribution in [-0.2, 0) is 9.53 Å². The molecule has 0 spiro atoms. The van der Waals surface area contributed by atoms with Crippen molar-refractivity contribution in [2.24, 2.45) is 5.73 Å². The Morgan fingerprint density at radius 1 is 1.23 bits per heavy atom. The second-order valence-electron chi connectivity index (χ2n) is 5.82. The van der Waals surface area contributed by atoms with Gasteiger partial charge < -0.3 is 20.7 Å². The van der Waals surface area contributed by atoms with Crippen molar-refractivity contribution in [2.45, 2.75) is 70.9 Å². The molecule has 0 saturated carbocycles. The molecule has 0 aromatic rings. The number of amides is 2. The number of rotatable bonds is 10. The van der Waals surface area contributed by atoms with Crippen LogP contribution in [-0.4, -0.2) is 42.8 Å². The molecule has 0 aromatic carbocycles. The number of carbonyl (C=O) groups is 2. The van der Waals surface area contributed by atoms with E-state index in [9.17, 15) is 9.59 Å². The van der Waals surface area contributed by atoms with E-state index in [1.165, 1.54) is 19.3 Å². The van der Waals surface area contributed by atoms with Crippen LogP contribution in [0.1, 0.15) is 64.7 Å². The van der Waals surface area contributed by atoms with Crippen LogP contribution in [0.4, 0.5) is 4.79 Å². The molecule has 22 heavy (non-hydrogen) atoms. The van der Waals surface area contributed by atoms with Crippen LogP contribution in [0.15, 0.2) is 0 Å². The van der Waals surface area contributed by atoms with E-state index in [2.05, 4.69) is 12.2 Å². The van der Waals surface area contributed by atoms with E-state index < -0.39 is 12.3 Å². The Hall–Kier alpha value is -1.30. The zero-order valence-electron chi connectivity index (χ0n) is 13.8. The first-order valence-corrected chi connectivity index (χ1v) is 8.63. The van der Waals surface area contributed by atoms with Gasteiger partial charge in [0.05, 0.1) is 0 Å². The van der Waals surface area contributed by atoms with Crippen molar-refractivity contribution < 1.29 is 14.3 Å². The highest BCUT2D eigenvalue weighted by molar-refractivity contribution is 5.77. The molecule has 3 N–H and O–H groups in total. The fraction of sp³-hybridized carbons (Fsp3) is 0.875. The lowest BCUT2D eigenvalue weighted by molar-refractivity contribution is -0.138. The summed E-state index contributed by atoms with van der Waals surface area (Å²) >= 11 is 0. The summed E-state index contributed by atoms with van der Waals surface area (Å²) in [5.74, 6) is 0.105. The molecule has 1 rings (SSSR count). The van der Waals surface area contributed by atoms with E-state index in [0.717, 1.165) is 32.1 Å². The van der Waals surface area contributed by atoms with Gasteiger partial charge in [-0.25, -0.2) is 4.79 Å². The minimum Gasteiger partial charge on any atom is -0.425 e. The van der Waals surface area contributed by atoms with Gasteiger partial charge in [0.25, 0.3) is 0 Å². The third-order valence-electron chi connectivity index (χ3n) is 3.91. The number of nitrogens with one attached hydrogen (secondary N) is 1. The van der Waals surface area contributed by atoms with Crippen LogP contribution in [0, 0.1) is 0 Å². The molecule has 128 valence electrons. The maximum atomic E-state index is 12.2. The number of unbranched alkanes of at least 4 members (excludes halogenated alkanes) is 4. The summed E-state index contributed by atoms with van der Waals surface area (Å²) in [7, 11) is 0. The summed E-state index contributed by atoms with van der Waals surface area (Å²) in [6.07, 6.45) is 7.67. The number of carbonyl (C=O) groups excluding carboxylic acids is 2. The Kier molecular flexibility index (Phi) is 9.62. The topological polar surface area (TPSA) is 84.7 Å². The van der Waals surface area contributed by atoms with Crippen LogP contribution < -0.4 is 11.1 Å². The lowest BCUT2D eigenvalue weighted by atomic mass is 10.1. The van der Waals surface area contributed by atoms with E-state index in [1.54, 1.807) is 4.90 Å². The number of nitrogens with two attached hydrogens (primary N) is 1. The van der Waals surface area contributed by atoms with Gasteiger partial charge in [0.15, 0.2) is 6.23 Å². The molecule has 1 aliphatic rings. The van der Waals surface area contributed by atoms with E-state index in [4.69, 9.17) is 10.5 Å². The first kappa shape index (κ1) is 18.7. The molecule has 1 fully saturated rings. The molecule has 2 amide bonds. The highest BCUT2D eigenvalue weighted by atomic mass is 16.6. The Morgan fingerprint density at radius 3 is 2.73 bits per heavy atom. The quantitative estimate of drug-likeness (QED) is 0.606. The highest BCUT2D eigenvalue weighted by Crippen LogP contribution is 2.20. The zero-order valence-corrected chi connectivity index (χ0v) is 13.8. The lowest BCUT2D eigenvalue weighted by Gasteiger charge is -2.24. The second kappa shape index (κ2) is 11.3. The summed E-state index contributed by atoms with van der Waals surface area (Å²) in [4.78, 5) is 25.6. The molecule has 6 heteroatoms. The number of alkyl carbamates (subject to hydrolysis) is 1. The van der Waals surface area contributed by atoms with Crippen molar-refractivity contribution in [1.82, 2.24) is 10.2 Å². The summed E-state index contributed by atoms with van der Waals surface area (Å²) in [5, 5.41) is 2.66. The zero-order chi connectivity index (χ0) is 16.2. The minimum atomic E-state index is -0.457. The number of hydrogen-bond donors (Lipinski definition) is 2. The smallest absolute Gasteiger partial charge is 0.409 e. The average molecular weight is 313 g/mol. The maximum absolute atomic E-state index is 12.2. The lowest BCUT2D eigenvalue weighted by Crippen LogP contribution is -2.40. The van der Waals surface area contributed by atoms with Crippen LogP contribution in [0.2, 0.25) is 0 Å². The molecule has 6 nitrogen and oxygen atoms in total. The van der Waals surface area contributed by atoms with E-state index in [1.807, 2.05) is 0 Å². The Morgan fingerprint density at radius 2 is 2.00 bits per heavy atom. The largest absolute Gasteiger partial charge is 0.425 e. The SMILES string of the molecule is CCCCCCCC(=O)N1CCC[C@H]1OC(=O)NCCCN. The summed E-state index contributed by atoms with van der Waals surface area (Å²) in [5.41, 5.74) is 5.37. The molecule has 0 radical (unpaired) electrons. The fourth-order valence-corrected chi connectivity index (χ4v) is 2.63. The van der Waals surface area contributed by atoms with Crippen LogP contribution in [0.25, 0.3) is 0 Å². The van der Waals surface area contributed by atoms with Gasteiger partial charge in [-0.05, 0) is 25.8 Å². The number of likely N-dealkylation sites (tertiary alicyclic amines) is 1. The van der Waals surface area contributed by atoms with Gasteiger partial charge in [-0.15, -0.1) is 0 Å². The molecule has 0 aliphatic carbocycles. The van der Waals surface area contributed by atoms with Gasteiger partial charge in [-0.3, -0.25) is 4.79 Å². The molecule has 1 aliphatic heterocycles. The van der Waals surface area contributed by atoms with Gasteiger partial charge in [0.2, 0.25) is 5.91 Å². The van der Waals surface area contributed by atoms with E-state index in [0.29, 0.717) is 26.1 Å². The number of nitrogens with zero attached hydrogens (tertiary/aromatic N) is 1. The summed E-state index contributed by atoms with van der Waals surface area (Å²) < 4.78 is 5.35. The van der Waals surface area contributed by atoms with Crippen molar-refractivity contribution in [3.05, 3.63) is 0 Å². The highest BCUT2D eigenvalue weighted by Gasteiger charge is 2.31. The monoisotopic (exact) mass is 313 g/mol. The maximum Gasteiger partial charge on any atom is 0.409 e. The minimum absolute atomic E-state index is 0.105. The van der Waals surface area contributed by atoms with Crippen LogP contribution in [0.5, 0.6) is 0 Å². The van der Waals surface area contributed by atoms with Crippen LogP contribution >= 0.6 is 0 Å². The average Bonchev–Trinajstić information content (AvgIpc) is 2.95. The van der Waals surface area contributed by atoms with Gasteiger partial charge >= 0.3 is 6.09 Å². The fourth-order valence-electron chi connectivity index (χ4n) is 2.63. The van der Waals surface area contributed by atoms with Gasteiger partial charge in [0.1, 0.15) is 0 Å². The normalized spacial score (nSPS) is 17.5. The van der Waals surface area contributed by atoms with Gasteiger partial charge in [-0.2, -0.15) is 0 Å². The Bertz CT molecular complexity index is 337. The first-order chi connectivity index (χ1) is 10.7. The standard InChI is InChI=1S/C16H31N3O3/c1-2-3-4-5-6-9-14(20)19-13-7-10-15(19)22-16(21)18-12-8-11-17/h15H,2-13,17H2,1H3,(H,18,21)/t15-/m1/s1. The van der Waals surface area contributed by atoms with Crippen molar-refractivity contribution in [2.75, 3.05) is 19.6 Å². The molecule has 1 saturated heterocycles. The van der Waals surface area contributed by atoms with E-state index >= 15 is 0 Å². The Labute approximate surface area is 133 Å². The third-order valence-corrected chi connectivity index (χ3v) is 3.91. The third kappa shape index (κ3) is 7.11. The van der Waals surface area contributed by atoms with Crippen LogP contribution in [0.3, 0.4) is 0 Å². The number of hydrogen-bond acceptors (Lipinski definition) is 4. The predicted molar refractivity (Wildman–Crippen MR) is 86.3 cm³/mol.